The standard InChI is InChI=1S/C13H17N3O3/c1-16-9-11(19-13(16)18)7-8-14-12(17)15-10-5-3-2-4-6-10/h2-6,11H,7-9H2,1H3,(H2,14,15,17). The van der Waals surface area contributed by atoms with E-state index in [-0.39, 0.29) is 18.2 Å². The third-order valence-electron chi connectivity index (χ3n) is 2.84. The number of nitrogens with zero attached hydrogens (tertiary/aromatic N) is 1. The largest absolute Gasteiger partial charge is 0.444 e. The monoisotopic (exact) mass is 263 g/mol. The molecule has 6 heteroatoms. The topological polar surface area (TPSA) is 70.7 Å². The highest BCUT2D eigenvalue weighted by Crippen LogP contribution is 2.11. The molecule has 1 atom stereocenters. The molecule has 0 radical (unpaired) electrons. The van der Waals surface area contributed by atoms with Crippen LogP contribution in [0, 0.1) is 0 Å². The molecule has 1 aromatic rings. The van der Waals surface area contributed by atoms with Crippen molar-refractivity contribution in [3.63, 3.8) is 0 Å². The first-order valence-electron chi connectivity index (χ1n) is 6.17. The molecule has 0 aliphatic carbocycles. The number of hydrogen-bond acceptors (Lipinski definition) is 3. The Labute approximate surface area is 111 Å². The van der Waals surface area contributed by atoms with Crippen molar-refractivity contribution in [3.05, 3.63) is 30.3 Å². The summed E-state index contributed by atoms with van der Waals surface area (Å²) in [7, 11) is 1.69. The van der Waals surface area contributed by atoms with E-state index in [1.54, 1.807) is 7.05 Å². The molecule has 2 N–H and O–H groups in total. The Morgan fingerprint density at radius 1 is 1.42 bits per heavy atom. The molecule has 0 saturated carbocycles. The summed E-state index contributed by atoms with van der Waals surface area (Å²) in [5, 5.41) is 5.44. The first-order valence-corrected chi connectivity index (χ1v) is 6.17. The van der Waals surface area contributed by atoms with Crippen LogP contribution in [0.15, 0.2) is 30.3 Å². The summed E-state index contributed by atoms with van der Waals surface area (Å²) in [5.41, 5.74) is 0.743. The van der Waals surface area contributed by atoms with Crippen LogP contribution in [0.1, 0.15) is 6.42 Å². The molecule has 1 aliphatic heterocycles. The van der Waals surface area contributed by atoms with Crippen molar-refractivity contribution in [2.75, 3.05) is 25.5 Å². The van der Waals surface area contributed by atoms with E-state index in [0.29, 0.717) is 19.5 Å². The molecule has 1 aromatic carbocycles. The second-order valence-electron chi connectivity index (χ2n) is 4.42. The van der Waals surface area contributed by atoms with Crippen LogP contribution in [0.3, 0.4) is 0 Å². The van der Waals surface area contributed by atoms with Gasteiger partial charge in [0.2, 0.25) is 0 Å². The zero-order chi connectivity index (χ0) is 13.7. The van der Waals surface area contributed by atoms with Crippen LogP contribution in [-0.2, 0) is 4.74 Å². The van der Waals surface area contributed by atoms with Crippen LogP contribution in [0.2, 0.25) is 0 Å². The average Bonchev–Trinajstić information content (AvgIpc) is 2.70. The number of nitrogens with one attached hydrogen (secondary N) is 2. The van der Waals surface area contributed by atoms with Gasteiger partial charge in [0.05, 0.1) is 6.54 Å². The van der Waals surface area contributed by atoms with Gasteiger partial charge in [-0.2, -0.15) is 0 Å². The molecular weight excluding hydrogens is 246 g/mol. The third kappa shape index (κ3) is 3.87. The molecule has 1 fully saturated rings. The fourth-order valence-corrected chi connectivity index (χ4v) is 1.84. The van der Waals surface area contributed by atoms with Crippen LogP contribution in [0.25, 0.3) is 0 Å². The van der Waals surface area contributed by atoms with Gasteiger partial charge in [-0.1, -0.05) is 18.2 Å². The number of cyclic esters (lactones) is 1. The highest BCUT2D eigenvalue weighted by atomic mass is 16.6. The summed E-state index contributed by atoms with van der Waals surface area (Å²) in [6.07, 6.45) is 0.159. The number of anilines is 1. The van der Waals surface area contributed by atoms with Gasteiger partial charge in [-0.15, -0.1) is 0 Å². The van der Waals surface area contributed by atoms with Crippen LogP contribution in [-0.4, -0.2) is 43.3 Å². The Bertz CT molecular complexity index is 450. The summed E-state index contributed by atoms with van der Waals surface area (Å²) < 4.78 is 5.09. The molecule has 2 rings (SSSR count). The molecule has 3 amide bonds. The lowest BCUT2D eigenvalue weighted by molar-refractivity contribution is 0.131. The number of rotatable bonds is 4. The van der Waals surface area contributed by atoms with E-state index >= 15 is 0 Å². The summed E-state index contributed by atoms with van der Waals surface area (Å²) >= 11 is 0. The summed E-state index contributed by atoms with van der Waals surface area (Å²) in [5.74, 6) is 0. The highest BCUT2D eigenvalue weighted by molar-refractivity contribution is 5.89. The van der Waals surface area contributed by atoms with E-state index in [4.69, 9.17) is 4.74 Å². The first kappa shape index (κ1) is 13.2. The van der Waals surface area contributed by atoms with E-state index in [1.807, 2.05) is 30.3 Å². The van der Waals surface area contributed by atoms with Crippen molar-refractivity contribution in [1.29, 1.82) is 0 Å². The number of hydrogen-bond donors (Lipinski definition) is 2. The van der Waals surface area contributed by atoms with Gasteiger partial charge in [-0.3, -0.25) is 0 Å². The quantitative estimate of drug-likeness (QED) is 0.867. The molecule has 1 saturated heterocycles. The second-order valence-corrected chi connectivity index (χ2v) is 4.42. The van der Waals surface area contributed by atoms with E-state index in [9.17, 15) is 9.59 Å². The van der Waals surface area contributed by atoms with Crippen LogP contribution in [0.4, 0.5) is 15.3 Å². The maximum absolute atomic E-state index is 11.6. The normalized spacial score (nSPS) is 18.1. The van der Waals surface area contributed by atoms with E-state index in [1.165, 1.54) is 4.90 Å². The Balaban J connectivity index is 1.66. The van der Waals surface area contributed by atoms with Crippen molar-refractivity contribution in [3.8, 4) is 0 Å². The number of ether oxygens (including phenoxy) is 1. The molecular formula is C13H17N3O3. The smallest absolute Gasteiger partial charge is 0.409 e. The zero-order valence-electron chi connectivity index (χ0n) is 10.8. The SMILES string of the molecule is CN1CC(CCNC(=O)Nc2ccccc2)OC1=O. The lowest BCUT2D eigenvalue weighted by atomic mass is 10.2. The first-order chi connectivity index (χ1) is 9.15. The van der Waals surface area contributed by atoms with Gasteiger partial charge in [-0.05, 0) is 12.1 Å². The maximum atomic E-state index is 11.6. The molecule has 102 valence electrons. The Morgan fingerprint density at radius 2 is 2.16 bits per heavy atom. The van der Waals surface area contributed by atoms with Crippen molar-refractivity contribution in [2.45, 2.75) is 12.5 Å². The molecule has 1 unspecified atom stereocenters. The summed E-state index contributed by atoms with van der Waals surface area (Å²) in [6.45, 7) is 1.03. The lowest BCUT2D eigenvalue weighted by Crippen LogP contribution is -2.32. The Hall–Kier alpha value is -2.24. The van der Waals surface area contributed by atoms with Gasteiger partial charge in [0.15, 0.2) is 0 Å². The maximum Gasteiger partial charge on any atom is 0.409 e. The Morgan fingerprint density at radius 3 is 2.79 bits per heavy atom. The molecule has 0 bridgehead atoms. The van der Waals surface area contributed by atoms with Gasteiger partial charge in [0.25, 0.3) is 0 Å². The predicted octanol–water partition coefficient (Wildman–Crippen LogP) is 1.65. The zero-order valence-corrected chi connectivity index (χ0v) is 10.8. The summed E-state index contributed by atoms with van der Waals surface area (Å²) in [6, 6.07) is 8.95. The number of para-hydroxylation sites is 1. The van der Waals surface area contributed by atoms with Gasteiger partial charge < -0.3 is 20.3 Å². The number of benzene rings is 1. The molecule has 0 spiro atoms. The minimum atomic E-state index is -0.307. The fraction of sp³-hybridized carbons (Fsp3) is 0.385. The third-order valence-corrected chi connectivity index (χ3v) is 2.84. The number of carbonyl (C=O) groups excluding carboxylic acids is 2. The van der Waals surface area contributed by atoms with Crippen LogP contribution >= 0.6 is 0 Å². The van der Waals surface area contributed by atoms with Crippen LogP contribution < -0.4 is 10.6 Å². The highest BCUT2D eigenvalue weighted by Gasteiger charge is 2.27. The molecule has 0 aromatic heterocycles. The number of amides is 3. The van der Waals surface area contributed by atoms with Crippen molar-refractivity contribution in [2.24, 2.45) is 0 Å². The van der Waals surface area contributed by atoms with Crippen molar-refractivity contribution < 1.29 is 14.3 Å². The number of urea groups is 1. The van der Waals surface area contributed by atoms with Crippen molar-refractivity contribution in [1.82, 2.24) is 10.2 Å². The van der Waals surface area contributed by atoms with E-state index < -0.39 is 0 Å². The van der Waals surface area contributed by atoms with Crippen LogP contribution in [0.5, 0.6) is 0 Å². The van der Waals surface area contributed by atoms with Gasteiger partial charge in [0, 0.05) is 25.7 Å². The minimum absolute atomic E-state index is 0.144. The average molecular weight is 263 g/mol. The van der Waals surface area contributed by atoms with Gasteiger partial charge >= 0.3 is 12.1 Å². The number of likely N-dealkylation sites (N-methyl/N-ethyl adjacent to an activating group) is 1. The van der Waals surface area contributed by atoms with E-state index in [2.05, 4.69) is 10.6 Å². The molecule has 1 aliphatic rings. The van der Waals surface area contributed by atoms with Crippen molar-refractivity contribution >= 4 is 17.8 Å². The lowest BCUT2D eigenvalue weighted by Gasteiger charge is -2.10. The van der Waals surface area contributed by atoms with E-state index in [0.717, 1.165) is 5.69 Å². The second kappa shape index (κ2) is 6.08. The molecule has 19 heavy (non-hydrogen) atoms. The predicted molar refractivity (Wildman–Crippen MR) is 71.0 cm³/mol. The minimum Gasteiger partial charge on any atom is -0.444 e. The van der Waals surface area contributed by atoms with Gasteiger partial charge in [-0.25, -0.2) is 9.59 Å². The summed E-state index contributed by atoms with van der Waals surface area (Å²) in [4.78, 5) is 24.2. The fourth-order valence-electron chi connectivity index (χ4n) is 1.84. The molecule has 6 nitrogen and oxygen atoms in total. The number of carbonyl (C=O) groups is 2. The molecule has 1 heterocycles. The van der Waals surface area contributed by atoms with Gasteiger partial charge in [0.1, 0.15) is 6.10 Å². The Kier molecular flexibility index (Phi) is 4.22.